The van der Waals surface area contributed by atoms with E-state index >= 15 is 0 Å². The normalized spacial score (nSPS) is 10.3. The molecule has 0 unspecified atom stereocenters. The molecular weight excluding hydrogens is 286 g/mol. The fourth-order valence-electron chi connectivity index (χ4n) is 2.33. The topological polar surface area (TPSA) is 38.3 Å². The van der Waals surface area contributed by atoms with Gasteiger partial charge in [-0.25, -0.2) is 0 Å². The Morgan fingerprint density at radius 1 is 1.00 bits per heavy atom. The molecule has 0 saturated heterocycles. The summed E-state index contributed by atoms with van der Waals surface area (Å²) in [5.41, 5.74) is 1.37. The SMILES string of the molecule is C=CCOc1ccc(C(=O)Nc2ccc3ccccc3c2)cc1. The molecule has 0 spiro atoms. The first-order valence-corrected chi connectivity index (χ1v) is 7.40. The second-order valence-corrected chi connectivity index (χ2v) is 5.14. The quantitative estimate of drug-likeness (QED) is 0.696. The molecule has 3 nitrogen and oxygen atoms in total. The number of carbonyl (C=O) groups excluding carboxylic acids is 1. The van der Waals surface area contributed by atoms with E-state index in [0.29, 0.717) is 17.9 Å². The minimum Gasteiger partial charge on any atom is -0.490 e. The first-order valence-electron chi connectivity index (χ1n) is 7.40. The molecule has 1 N–H and O–H groups in total. The summed E-state index contributed by atoms with van der Waals surface area (Å²) >= 11 is 0. The van der Waals surface area contributed by atoms with Crippen LogP contribution in [-0.4, -0.2) is 12.5 Å². The van der Waals surface area contributed by atoms with Gasteiger partial charge in [-0.1, -0.05) is 43.0 Å². The summed E-state index contributed by atoms with van der Waals surface area (Å²) in [6, 6.07) is 21.0. The smallest absolute Gasteiger partial charge is 0.255 e. The van der Waals surface area contributed by atoms with Crippen LogP contribution in [0.5, 0.6) is 5.75 Å². The highest BCUT2D eigenvalue weighted by atomic mass is 16.5. The predicted octanol–water partition coefficient (Wildman–Crippen LogP) is 4.66. The molecule has 114 valence electrons. The van der Waals surface area contributed by atoms with Gasteiger partial charge in [0.2, 0.25) is 0 Å². The van der Waals surface area contributed by atoms with E-state index in [0.717, 1.165) is 16.5 Å². The van der Waals surface area contributed by atoms with Crippen LogP contribution in [0.3, 0.4) is 0 Å². The largest absolute Gasteiger partial charge is 0.490 e. The van der Waals surface area contributed by atoms with Gasteiger partial charge in [0.15, 0.2) is 0 Å². The molecule has 0 aliphatic rings. The zero-order valence-electron chi connectivity index (χ0n) is 12.7. The fraction of sp³-hybridized carbons (Fsp3) is 0.0500. The van der Waals surface area contributed by atoms with E-state index in [9.17, 15) is 4.79 Å². The maximum Gasteiger partial charge on any atom is 0.255 e. The van der Waals surface area contributed by atoms with Crippen LogP contribution in [0, 0.1) is 0 Å². The average molecular weight is 303 g/mol. The van der Waals surface area contributed by atoms with Crippen molar-refractivity contribution in [1.82, 2.24) is 0 Å². The summed E-state index contributed by atoms with van der Waals surface area (Å²) in [6.45, 7) is 4.05. The van der Waals surface area contributed by atoms with Crippen LogP contribution in [0.15, 0.2) is 79.4 Å². The molecule has 0 aliphatic heterocycles. The molecule has 0 saturated carbocycles. The van der Waals surface area contributed by atoms with Crippen LogP contribution in [0.4, 0.5) is 5.69 Å². The number of anilines is 1. The van der Waals surface area contributed by atoms with E-state index < -0.39 is 0 Å². The molecule has 1 amide bonds. The van der Waals surface area contributed by atoms with Gasteiger partial charge in [-0.3, -0.25) is 4.79 Å². The Bertz CT molecular complexity index is 838. The van der Waals surface area contributed by atoms with Crippen LogP contribution in [0.2, 0.25) is 0 Å². The standard InChI is InChI=1S/C20H17NO2/c1-2-13-23-19-11-8-16(9-12-19)20(22)21-18-10-7-15-5-3-4-6-17(15)14-18/h2-12,14H,1,13H2,(H,21,22). The molecule has 0 radical (unpaired) electrons. The van der Waals surface area contributed by atoms with Crippen LogP contribution < -0.4 is 10.1 Å². The lowest BCUT2D eigenvalue weighted by molar-refractivity contribution is 0.102. The summed E-state index contributed by atoms with van der Waals surface area (Å²) in [6.07, 6.45) is 1.68. The summed E-state index contributed by atoms with van der Waals surface area (Å²) in [5, 5.41) is 5.16. The number of rotatable bonds is 5. The third-order valence-corrected chi connectivity index (χ3v) is 3.49. The van der Waals surface area contributed by atoms with Gasteiger partial charge in [-0.2, -0.15) is 0 Å². The molecule has 3 heteroatoms. The number of hydrogen-bond acceptors (Lipinski definition) is 2. The second-order valence-electron chi connectivity index (χ2n) is 5.14. The Hall–Kier alpha value is -3.07. The predicted molar refractivity (Wildman–Crippen MR) is 94.0 cm³/mol. The zero-order valence-corrected chi connectivity index (χ0v) is 12.7. The zero-order chi connectivity index (χ0) is 16.1. The molecule has 0 aromatic heterocycles. The first kappa shape index (κ1) is 14.9. The van der Waals surface area contributed by atoms with Crippen molar-refractivity contribution in [3.05, 3.63) is 84.9 Å². The maximum atomic E-state index is 12.3. The molecule has 0 bridgehead atoms. The number of amides is 1. The van der Waals surface area contributed by atoms with Crippen LogP contribution in [-0.2, 0) is 0 Å². The Kier molecular flexibility index (Phi) is 4.39. The van der Waals surface area contributed by atoms with E-state index in [1.807, 2.05) is 42.5 Å². The van der Waals surface area contributed by atoms with Crippen molar-refractivity contribution in [2.24, 2.45) is 0 Å². The Balaban J connectivity index is 1.73. The van der Waals surface area contributed by atoms with E-state index in [4.69, 9.17) is 4.74 Å². The lowest BCUT2D eigenvalue weighted by Crippen LogP contribution is -2.11. The van der Waals surface area contributed by atoms with Crippen molar-refractivity contribution in [3.8, 4) is 5.75 Å². The minimum atomic E-state index is -0.143. The lowest BCUT2D eigenvalue weighted by Gasteiger charge is -2.08. The van der Waals surface area contributed by atoms with Crippen molar-refractivity contribution in [3.63, 3.8) is 0 Å². The summed E-state index contributed by atoms with van der Waals surface area (Å²) in [5.74, 6) is 0.572. The van der Waals surface area contributed by atoms with Gasteiger partial charge < -0.3 is 10.1 Å². The van der Waals surface area contributed by atoms with Crippen molar-refractivity contribution >= 4 is 22.4 Å². The molecule has 0 fully saturated rings. The third-order valence-electron chi connectivity index (χ3n) is 3.49. The van der Waals surface area contributed by atoms with Crippen molar-refractivity contribution in [2.75, 3.05) is 11.9 Å². The number of nitrogens with one attached hydrogen (secondary N) is 1. The van der Waals surface area contributed by atoms with Crippen LogP contribution >= 0.6 is 0 Å². The monoisotopic (exact) mass is 303 g/mol. The first-order chi connectivity index (χ1) is 11.3. The number of fused-ring (bicyclic) bond motifs is 1. The molecule has 3 rings (SSSR count). The fourth-order valence-corrected chi connectivity index (χ4v) is 2.33. The van der Waals surface area contributed by atoms with Gasteiger partial charge in [0.05, 0.1) is 0 Å². The van der Waals surface area contributed by atoms with E-state index in [-0.39, 0.29) is 5.91 Å². The summed E-state index contributed by atoms with van der Waals surface area (Å²) < 4.78 is 5.41. The number of ether oxygens (including phenoxy) is 1. The van der Waals surface area contributed by atoms with Crippen LogP contribution in [0.25, 0.3) is 10.8 Å². The summed E-state index contributed by atoms with van der Waals surface area (Å²) in [4.78, 5) is 12.3. The Morgan fingerprint density at radius 3 is 2.48 bits per heavy atom. The van der Waals surface area contributed by atoms with E-state index in [1.54, 1.807) is 30.3 Å². The number of benzene rings is 3. The second kappa shape index (κ2) is 6.79. The van der Waals surface area contributed by atoms with Gasteiger partial charge >= 0.3 is 0 Å². The van der Waals surface area contributed by atoms with Gasteiger partial charge in [0.25, 0.3) is 5.91 Å². The van der Waals surface area contributed by atoms with E-state index in [1.165, 1.54) is 0 Å². The van der Waals surface area contributed by atoms with Gasteiger partial charge in [0.1, 0.15) is 12.4 Å². The number of carbonyl (C=O) groups is 1. The molecular formula is C20H17NO2. The maximum absolute atomic E-state index is 12.3. The van der Waals surface area contributed by atoms with Gasteiger partial charge in [-0.15, -0.1) is 0 Å². The number of hydrogen-bond donors (Lipinski definition) is 1. The molecule has 23 heavy (non-hydrogen) atoms. The average Bonchev–Trinajstić information content (AvgIpc) is 2.60. The van der Waals surface area contributed by atoms with Crippen LogP contribution in [0.1, 0.15) is 10.4 Å². The minimum absolute atomic E-state index is 0.143. The van der Waals surface area contributed by atoms with Crippen molar-refractivity contribution < 1.29 is 9.53 Å². The molecule has 0 aliphatic carbocycles. The highest BCUT2D eigenvalue weighted by Crippen LogP contribution is 2.20. The Labute approximate surface area is 135 Å². The molecule has 3 aromatic carbocycles. The van der Waals surface area contributed by atoms with Crippen molar-refractivity contribution in [1.29, 1.82) is 0 Å². The van der Waals surface area contributed by atoms with E-state index in [2.05, 4.69) is 11.9 Å². The highest BCUT2D eigenvalue weighted by Gasteiger charge is 2.06. The molecule has 0 atom stereocenters. The van der Waals surface area contributed by atoms with Gasteiger partial charge in [0, 0.05) is 11.3 Å². The summed E-state index contributed by atoms with van der Waals surface area (Å²) in [7, 11) is 0. The van der Waals surface area contributed by atoms with Gasteiger partial charge in [-0.05, 0) is 47.2 Å². The van der Waals surface area contributed by atoms with Crippen molar-refractivity contribution in [2.45, 2.75) is 0 Å². The highest BCUT2D eigenvalue weighted by molar-refractivity contribution is 6.05. The lowest BCUT2D eigenvalue weighted by atomic mass is 10.1. The Morgan fingerprint density at radius 2 is 1.74 bits per heavy atom. The third kappa shape index (κ3) is 3.58. The molecule has 3 aromatic rings. The molecule has 0 heterocycles.